The standard InChI is InChI=1S/C8H17N3OS/c1-3-5-11-8(10)13-6(4-2)7(9)12/h6H,3-5H2,1-2H3,(H2,9,12)(H2,10,11). The molecule has 0 fully saturated rings. The van der Waals surface area contributed by atoms with Gasteiger partial charge < -0.3 is 11.5 Å². The summed E-state index contributed by atoms with van der Waals surface area (Å²) in [6.07, 6.45) is 1.64. The van der Waals surface area contributed by atoms with E-state index in [1.807, 2.05) is 13.8 Å². The van der Waals surface area contributed by atoms with E-state index in [0.717, 1.165) is 6.42 Å². The van der Waals surface area contributed by atoms with Crippen LogP contribution >= 0.6 is 11.8 Å². The lowest BCUT2D eigenvalue weighted by Gasteiger charge is -2.08. The number of carbonyl (C=O) groups excluding carboxylic acids is 1. The molecule has 0 heterocycles. The predicted octanol–water partition coefficient (Wildman–Crippen LogP) is 0.708. The van der Waals surface area contributed by atoms with Gasteiger partial charge in [0.25, 0.3) is 0 Å². The molecule has 1 atom stereocenters. The van der Waals surface area contributed by atoms with Gasteiger partial charge in [0.2, 0.25) is 5.91 Å². The first-order valence-corrected chi connectivity index (χ1v) is 5.25. The van der Waals surface area contributed by atoms with E-state index in [-0.39, 0.29) is 11.2 Å². The molecule has 0 aliphatic heterocycles. The molecule has 0 aromatic heterocycles. The van der Waals surface area contributed by atoms with Crippen LogP contribution in [0, 0.1) is 0 Å². The van der Waals surface area contributed by atoms with Crippen molar-refractivity contribution in [1.82, 2.24) is 0 Å². The Morgan fingerprint density at radius 3 is 2.46 bits per heavy atom. The fraction of sp³-hybridized carbons (Fsp3) is 0.750. The fourth-order valence-corrected chi connectivity index (χ4v) is 1.49. The van der Waals surface area contributed by atoms with Crippen molar-refractivity contribution in [1.29, 1.82) is 0 Å². The molecule has 0 saturated heterocycles. The maximum Gasteiger partial charge on any atom is 0.231 e. The van der Waals surface area contributed by atoms with Crippen LogP contribution in [0.3, 0.4) is 0 Å². The molecular weight excluding hydrogens is 186 g/mol. The van der Waals surface area contributed by atoms with Gasteiger partial charge in [-0.2, -0.15) is 0 Å². The normalized spacial score (nSPS) is 14.2. The van der Waals surface area contributed by atoms with Crippen molar-refractivity contribution < 1.29 is 4.79 Å². The van der Waals surface area contributed by atoms with Crippen molar-refractivity contribution in [3.63, 3.8) is 0 Å². The molecule has 0 radical (unpaired) electrons. The van der Waals surface area contributed by atoms with Gasteiger partial charge in [-0.15, -0.1) is 0 Å². The SMILES string of the molecule is CCCN=C(N)SC(CC)C(N)=O. The zero-order valence-electron chi connectivity index (χ0n) is 8.12. The third-order valence-electron chi connectivity index (χ3n) is 1.44. The quantitative estimate of drug-likeness (QED) is 0.510. The van der Waals surface area contributed by atoms with Crippen LogP contribution in [0.25, 0.3) is 0 Å². The molecule has 4 nitrogen and oxygen atoms in total. The maximum absolute atomic E-state index is 10.8. The van der Waals surface area contributed by atoms with Gasteiger partial charge in [0, 0.05) is 6.54 Å². The number of hydrogen-bond donors (Lipinski definition) is 2. The molecule has 0 aliphatic carbocycles. The average molecular weight is 203 g/mol. The number of hydrogen-bond acceptors (Lipinski definition) is 3. The van der Waals surface area contributed by atoms with E-state index in [1.165, 1.54) is 11.8 Å². The summed E-state index contributed by atoms with van der Waals surface area (Å²) in [5.74, 6) is -0.331. The molecular formula is C8H17N3OS. The van der Waals surface area contributed by atoms with Crippen LogP contribution in [-0.4, -0.2) is 22.9 Å². The first-order valence-electron chi connectivity index (χ1n) is 4.37. The molecule has 13 heavy (non-hydrogen) atoms. The summed E-state index contributed by atoms with van der Waals surface area (Å²) in [4.78, 5) is 14.9. The predicted molar refractivity (Wildman–Crippen MR) is 57.6 cm³/mol. The van der Waals surface area contributed by atoms with E-state index in [0.29, 0.717) is 18.1 Å². The second-order valence-corrected chi connectivity index (χ2v) is 3.86. The lowest BCUT2D eigenvalue weighted by Crippen LogP contribution is -2.28. The number of rotatable bonds is 5. The summed E-state index contributed by atoms with van der Waals surface area (Å²) in [6, 6.07) is 0. The number of aliphatic imine (C=N–C) groups is 1. The van der Waals surface area contributed by atoms with Gasteiger partial charge in [-0.1, -0.05) is 25.6 Å². The van der Waals surface area contributed by atoms with Gasteiger partial charge in [0.15, 0.2) is 5.17 Å². The van der Waals surface area contributed by atoms with Gasteiger partial charge in [0.1, 0.15) is 0 Å². The number of amidine groups is 1. The van der Waals surface area contributed by atoms with Crippen LogP contribution in [0.4, 0.5) is 0 Å². The summed E-state index contributed by atoms with van der Waals surface area (Å²) >= 11 is 1.25. The smallest absolute Gasteiger partial charge is 0.231 e. The van der Waals surface area contributed by atoms with Crippen molar-refractivity contribution in [3.05, 3.63) is 0 Å². The van der Waals surface area contributed by atoms with Crippen LogP contribution in [-0.2, 0) is 4.79 Å². The molecule has 0 bridgehead atoms. The highest BCUT2D eigenvalue weighted by Gasteiger charge is 2.14. The Morgan fingerprint density at radius 1 is 1.46 bits per heavy atom. The minimum absolute atomic E-state index is 0.249. The van der Waals surface area contributed by atoms with E-state index in [1.54, 1.807) is 0 Å². The topological polar surface area (TPSA) is 81.5 Å². The highest BCUT2D eigenvalue weighted by atomic mass is 32.2. The van der Waals surface area contributed by atoms with E-state index < -0.39 is 0 Å². The Kier molecular flexibility index (Phi) is 6.40. The summed E-state index contributed by atoms with van der Waals surface area (Å²) < 4.78 is 0. The average Bonchev–Trinajstić information content (AvgIpc) is 2.10. The molecule has 76 valence electrons. The van der Waals surface area contributed by atoms with Gasteiger partial charge >= 0.3 is 0 Å². The fourth-order valence-electron chi connectivity index (χ4n) is 0.748. The minimum Gasteiger partial charge on any atom is -0.379 e. The molecule has 0 aromatic rings. The molecule has 4 N–H and O–H groups in total. The number of thioether (sulfide) groups is 1. The number of primary amides is 1. The van der Waals surface area contributed by atoms with Gasteiger partial charge in [-0.3, -0.25) is 9.79 Å². The highest BCUT2D eigenvalue weighted by Crippen LogP contribution is 2.13. The number of carbonyl (C=O) groups is 1. The maximum atomic E-state index is 10.8. The first-order chi connectivity index (χ1) is 6.11. The summed E-state index contributed by atoms with van der Waals surface area (Å²) in [7, 11) is 0. The zero-order chi connectivity index (χ0) is 10.3. The third-order valence-corrected chi connectivity index (χ3v) is 2.66. The number of nitrogens with zero attached hydrogens (tertiary/aromatic N) is 1. The van der Waals surface area contributed by atoms with Crippen LogP contribution in [0.2, 0.25) is 0 Å². The summed E-state index contributed by atoms with van der Waals surface area (Å²) in [5, 5.41) is 0.202. The molecule has 1 unspecified atom stereocenters. The van der Waals surface area contributed by atoms with E-state index in [2.05, 4.69) is 4.99 Å². The molecule has 0 spiro atoms. The Labute approximate surface area is 83.2 Å². The number of amides is 1. The lowest BCUT2D eigenvalue weighted by atomic mass is 10.3. The molecule has 5 heteroatoms. The van der Waals surface area contributed by atoms with Gasteiger partial charge in [0.05, 0.1) is 5.25 Å². The zero-order valence-corrected chi connectivity index (χ0v) is 8.93. The van der Waals surface area contributed by atoms with Crippen molar-refractivity contribution in [3.8, 4) is 0 Å². The number of nitrogens with two attached hydrogens (primary N) is 2. The van der Waals surface area contributed by atoms with Crippen molar-refractivity contribution in [2.24, 2.45) is 16.5 Å². The van der Waals surface area contributed by atoms with E-state index in [9.17, 15) is 4.79 Å². The molecule has 0 aliphatic rings. The highest BCUT2D eigenvalue weighted by molar-refractivity contribution is 8.14. The Balaban J connectivity index is 4.00. The van der Waals surface area contributed by atoms with E-state index >= 15 is 0 Å². The van der Waals surface area contributed by atoms with Crippen LogP contribution < -0.4 is 11.5 Å². The Hall–Kier alpha value is -0.710. The monoisotopic (exact) mass is 203 g/mol. The lowest BCUT2D eigenvalue weighted by molar-refractivity contribution is -0.117. The van der Waals surface area contributed by atoms with Crippen molar-refractivity contribution >= 4 is 22.8 Å². The summed E-state index contributed by atoms with van der Waals surface area (Å²) in [6.45, 7) is 4.62. The second kappa shape index (κ2) is 6.77. The largest absolute Gasteiger partial charge is 0.379 e. The van der Waals surface area contributed by atoms with Crippen molar-refractivity contribution in [2.75, 3.05) is 6.54 Å². The van der Waals surface area contributed by atoms with Crippen LogP contribution in [0.1, 0.15) is 26.7 Å². The molecule has 0 rings (SSSR count). The summed E-state index contributed by atoms with van der Waals surface area (Å²) in [5.41, 5.74) is 10.7. The van der Waals surface area contributed by atoms with Crippen LogP contribution in [0.15, 0.2) is 4.99 Å². The Morgan fingerprint density at radius 2 is 2.08 bits per heavy atom. The van der Waals surface area contributed by atoms with Gasteiger partial charge in [-0.25, -0.2) is 0 Å². The molecule has 0 saturated carbocycles. The second-order valence-electron chi connectivity index (χ2n) is 2.64. The Bertz CT molecular complexity index is 194. The van der Waals surface area contributed by atoms with Crippen molar-refractivity contribution in [2.45, 2.75) is 31.9 Å². The molecule has 1 amide bonds. The first kappa shape index (κ1) is 12.3. The molecule has 0 aromatic carbocycles. The van der Waals surface area contributed by atoms with E-state index in [4.69, 9.17) is 11.5 Å². The third kappa shape index (κ3) is 5.52. The minimum atomic E-state index is -0.331. The van der Waals surface area contributed by atoms with Gasteiger partial charge in [-0.05, 0) is 12.8 Å². The van der Waals surface area contributed by atoms with Crippen LogP contribution in [0.5, 0.6) is 0 Å².